The third-order valence-electron chi connectivity index (χ3n) is 4.68. The van der Waals surface area contributed by atoms with Crippen molar-refractivity contribution in [2.45, 2.75) is 11.7 Å². The number of hydrogen-bond acceptors (Lipinski definition) is 8. The summed E-state index contributed by atoms with van der Waals surface area (Å²) in [4.78, 5) is 10.5. The van der Waals surface area contributed by atoms with E-state index in [1.54, 1.807) is 11.8 Å². The van der Waals surface area contributed by atoms with Gasteiger partial charge in [-0.2, -0.15) is 9.37 Å². The molecule has 2 aliphatic rings. The van der Waals surface area contributed by atoms with Crippen molar-refractivity contribution >= 4 is 29.1 Å². The molecule has 2 fully saturated rings. The number of rotatable bonds is 6. The highest BCUT2D eigenvalue weighted by molar-refractivity contribution is 7.99. The zero-order valence-corrected chi connectivity index (χ0v) is 16.4. The molecule has 0 aliphatic carbocycles. The van der Waals surface area contributed by atoms with Crippen LogP contribution >= 0.6 is 11.8 Å². The van der Waals surface area contributed by atoms with E-state index in [1.807, 2.05) is 24.3 Å². The molecule has 0 radical (unpaired) electrons. The molecule has 0 spiro atoms. The molecule has 2 aliphatic heterocycles. The van der Waals surface area contributed by atoms with Crippen molar-refractivity contribution in [2.24, 2.45) is 0 Å². The van der Waals surface area contributed by atoms with Crippen molar-refractivity contribution in [1.82, 2.24) is 15.3 Å². The van der Waals surface area contributed by atoms with Crippen LogP contribution in [0.15, 0.2) is 30.5 Å². The molecule has 28 heavy (non-hydrogen) atoms. The molecule has 2 saturated heterocycles. The lowest BCUT2D eigenvalue weighted by Gasteiger charge is -2.28. The second-order valence-electron chi connectivity index (χ2n) is 6.65. The molecule has 3 heterocycles. The van der Waals surface area contributed by atoms with Crippen molar-refractivity contribution in [3.8, 4) is 5.88 Å². The van der Waals surface area contributed by atoms with Crippen LogP contribution in [0.25, 0.3) is 0 Å². The number of thioether (sulfide) groups is 1. The fraction of sp³-hybridized carbons (Fsp3) is 0.474. The van der Waals surface area contributed by atoms with Crippen molar-refractivity contribution < 1.29 is 13.9 Å². The highest BCUT2D eigenvalue weighted by atomic mass is 32.2. The highest BCUT2D eigenvalue weighted by Gasteiger charge is 2.17. The van der Waals surface area contributed by atoms with Gasteiger partial charge in [-0.3, -0.25) is 0 Å². The van der Waals surface area contributed by atoms with E-state index in [4.69, 9.17) is 9.47 Å². The summed E-state index contributed by atoms with van der Waals surface area (Å²) in [5.74, 6) is 0.648. The summed E-state index contributed by atoms with van der Waals surface area (Å²) in [5, 5.41) is 6.73. The lowest BCUT2D eigenvalue weighted by atomic mass is 10.2. The topological polar surface area (TPSA) is 71.5 Å². The Morgan fingerprint density at radius 3 is 2.86 bits per heavy atom. The molecule has 1 aromatic heterocycles. The van der Waals surface area contributed by atoms with Crippen molar-refractivity contribution in [2.75, 3.05) is 55.5 Å². The van der Waals surface area contributed by atoms with E-state index in [0.717, 1.165) is 62.7 Å². The van der Waals surface area contributed by atoms with E-state index in [2.05, 4.69) is 25.5 Å². The predicted molar refractivity (Wildman–Crippen MR) is 109 cm³/mol. The van der Waals surface area contributed by atoms with Crippen LogP contribution in [0.1, 0.15) is 6.42 Å². The van der Waals surface area contributed by atoms with Gasteiger partial charge in [0, 0.05) is 35.6 Å². The molecular formula is C19H24FN5O2S. The Labute approximate surface area is 168 Å². The van der Waals surface area contributed by atoms with Gasteiger partial charge in [0.25, 0.3) is 5.88 Å². The Hall–Kier alpha value is -2.10. The average Bonchev–Trinajstić information content (AvgIpc) is 2.76. The predicted octanol–water partition coefficient (Wildman–Crippen LogP) is 2.63. The van der Waals surface area contributed by atoms with Crippen LogP contribution in [0, 0.1) is 5.82 Å². The zero-order chi connectivity index (χ0) is 19.2. The summed E-state index contributed by atoms with van der Waals surface area (Å²) in [6.07, 6.45) is 2.14. The minimum atomic E-state index is -0.549. The summed E-state index contributed by atoms with van der Waals surface area (Å²) in [6, 6.07) is 8.01. The Morgan fingerprint density at radius 2 is 2.11 bits per heavy atom. The van der Waals surface area contributed by atoms with E-state index < -0.39 is 5.82 Å². The van der Waals surface area contributed by atoms with E-state index in [0.29, 0.717) is 17.8 Å². The van der Waals surface area contributed by atoms with Gasteiger partial charge < -0.3 is 25.0 Å². The van der Waals surface area contributed by atoms with Crippen LogP contribution in [0.4, 0.5) is 21.7 Å². The molecule has 2 aromatic rings. The number of benzene rings is 1. The zero-order valence-electron chi connectivity index (χ0n) is 15.6. The normalized spacial score (nSPS) is 20.0. The molecular weight excluding hydrogens is 381 g/mol. The molecule has 0 amide bonds. The van der Waals surface area contributed by atoms with Crippen molar-refractivity contribution in [1.29, 1.82) is 0 Å². The fourth-order valence-corrected chi connectivity index (χ4v) is 4.06. The van der Waals surface area contributed by atoms with Gasteiger partial charge in [0.05, 0.1) is 19.4 Å². The number of nitrogens with zero attached hydrogens (tertiary/aromatic N) is 3. The summed E-state index contributed by atoms with van der Waals surface area (Å²) in [5.41, 5.74) is 1.99. The maximum Gasteiger partial charge on any atom is 0.255 e. The first kappa shape index (κ1) is 19.2. The minimum Gasteiger partial charge on any atom is -0.474 e. The number of ether oxygens (including phenoxy) is 2. The van der Waals surface area contributed by atoms with Crippen LogP contribution < -0.4 is 20.3 Å². The van der Waals surface area contributed by atoms with Gasteiger partial charge in [0.1, 0.15) is 6.61 Å². The second-order valence-corrected chi connectivity index (χ2v) is 7.94. The Morgan fingerprint density at radius 1 is 1.29 bits per heavy atom. The van der Waals surface area contributed by atoms with Gasteiger partial charge in [0.15, 0.2) is 0 Å². The smallest absolute Gasteiger partial charge is 0.255 e. The highest BCUT2D eigenvalue weighted by Crippen LogP contribution is 2.23. The molecule has 1 aromatic carbocycles. The fourth-order valence-electron chi connectivity index (χ4n) is 3.12. The number of anilines is 3. The Kier molecular flexibility index (Phi) is 6.45. The first-order chi connectivity index (χ1) is 13.8. The second kappa shape index (κ2) is 9.40. The summed E-state index contributed by atoms with van der Waals surface area (Å²) in [6.45, 7) is 4.69. The number of hydrogen-bond donors (Lipinski definition) is 2. The van der Waals surface area contributed by atoms with Gasteiger partial charge in [-0.15, -0.1) is 11.8 Å². The number of morpholine rings is 1. The van der Waals surface area contributed by atoms with Crippen LogP contribution in [0.5, 0.6) is 5.88 Å². The van der Waals surface area contributed by atoms with E-state index in [1.165, 1.54) is 0 Å². The van der Waals surface area contributed by atoms with Crippen LogP contribution in [-0.2, 0) is 4.74 Å². The summed E-state index contributed by atoms with van der Waals surface area (Å²) >= 11 is 1.78. The average molecular weight is 405 g/mol. The lowest BCUT2D eigenvalue weighted by Crippen LogP contribution is -2.36. The SMILES string of the molecule is Fc1cnc(Nc2ccc(N3CCOCC3)cc2)nc1OCC1CCNCS1. The largest absolute Gasteiger partial charge is 0.474 e. The van der Waals surface area contributed by atoms with Gasteiger partial charge in [-0.25, -0.2) is 4.98 Å². The molecule has 150 valence electrons. The monoisotopic (exact) mass is 405 g/mol. The van der Waals surface area contributed by atoms with Gasteiger partial charge >= 0.3 is 0 Å². The number of nitrogens with one attached hydrogen (secondary N) is 2. The molecule has 2 N–H and O–H groups in total. The van der Waals surface area contributed by atoms with Crippen LogP contribution in [0.2, 0.25) is 0 Å². The third-order valence-corrected chi connectivity index (χ3v) is 5.90. The molecule has 9 heteroatoms. The Balaban J connectivity index is 1.37. The molecule has 1 atom stereocenters. The lowest BCUT2D eigenvalue weighted by molar-refractivity contribution is 0.122. The maximum atomic E-state index is 14.0. The molecule has 0 bridgehead atoms. The molecule has 1 unspecified atom stereocenters. The summed E-state index contributed by atoms with van der Waals surface area (Å²) < 4.78 is 25.0. The quantitative estimate of drug-likeness (QED) is 0.760. The van der Waals surface area contributed by atoms with E-state index in [-0.39, 0.29) is 5.88 Å². The minimum absolute atomic E-state index is 0.0124. The van der Waals surface area contributed by atoms with Gasteiger partial charge in [-0.05, 0) is 37.2 Å². The maximum absolute atomic E-state index is 14.0. The van der Waals surface area contributed by atoms with Crippen LogP contribution in [0.3, 0.4) is 0 Å². The first-order valence-corrected chi connectivity index (χ1v) is 10.5. The standard InChI is InChI=1S/C19H24FN5O2S/c20-17-11-22-19(24-18(17)27-12-16-5-6-21-13-28-16)23-14-1-3-15(4-2-14)25-7-9-26-10-8-25/h1-4,11,16,21H,5-10,12-13H2,(H,22,23,24). The third kappa shape index (κ3) is 5.03. The molecule has 7 nitrogen and oxygen atoms in total. The summed E-state index contributed by atoms with van der Waals surface area (Å²) in [7, 11) is 0. The van der Waals surface area contributed by atoms with Gasteiger partial charge in [0.2, 0.25) is 11.8 Å². The molecule has 4 rings (SSSR count). The molecule has 0 saturated carbocycles. The number of aromatic nitrogens is 2. The number of halogens is 1. The van der Waals surface area contributed by atoms with E-state index in [9.17, 15) is 4.39 Å². The van der Waals surface area contributed by atoms with E-state index >= 15 is 0 Å². The first-order valence-electron chi connectivity index (χ1n) is 9.45. The van der Waals surface area contributed by atoms with Gasteiger partial charge in [-0.1, -0.05) is 0 Å². The Bertz CT molecular complexity index is 767. The van der Waals surface area contributed by atoms with Crippen LogP contribution in [-0.4, -0.2) is 60.5 Å². The van der Waals surface area contributed by atoms with Crippen molar-refractivity contribution in [3.63, 3.8) is 0 Å². The van der Waals surface area contributed by atoms with Crippen molar-refractivity contribution in [3.05, 3.63) is 36.3 Å².